The van der Waals surface area contributed by atoms with E-state index in [4.69, 9.17) is 12.2 Å². The van der Waals surface area contributed by atoms with Gasteiger partial charge in [0.2, 0.25) is 0 Å². The van der Waals surface area contributed by atoms with Gasteiger partial charge in [-0.3, -0.25) is 14.9 Å². The maximum absolute atomic E-state index is 12.2. The van der Waals surface area contributed by atoms with Gasteiger partial charge in [-0.05, 0) is 66.8 Å². The lowest BCUT2D eigenvalue weighted by Crippen LogP contribution is -2.34. The molecule has 0 spiro atoms. The van der Waals surface area contributed by atoms with Crippen molar-refractivity contribution in [3.63, 3.8) is 0 Å². The number of anilines is 2. The molecule has 2 amide bonds. The highest BCUT2D eigenvalue weighted by Crippen LogP contribution is 2.15. The van der Waals surface area contributed by atoms with Gasteiger partial charge in [-0.1, -0.05) is 40.2 Å². The molecule has 0 aliphatic rings. The zero-order valence-electron chi connectivity index (χ0n) is 14.6. The molecular formula is C21H16BrN3O2S. The SMILES string of the molecule is O=C(NC(=S)Nc1ccc(NC(=O)c2ccccc2)cc1)c1cccc(Br)c1. The van der Waals surface area contributed by atoms with Crippen LogP contribution in [-0.2, 0) is 0 Å². The molecule has 0 aliphatic carbocycles. The van der Waals surface area contributed by atoms with Crippen molar-refractivity contribution in [2.75, 3.05) is 10.6 Å². The number of amides is 2. The maximum atomic E-state index is 12.2. The Morgan fingerprint density at radius 1 is 0.714 bits per heavy atom. The second-order valence-electron chi connectivity index (χ2n) is 5.82. The molecule has 0 saturated heterocycles. The third-order valence-corrected chi connectivity index (χ3v) is 4.45. The zero-order chi connectivity index (χ0) is 19.9. The largest absolute Gasteiger partial charge is 0.332 e. The topological polar surface area (TPSA) is 70.2 Å². The normalized spacial score (nSPS) is 10.0. The smallest absolute Gasteiger partial charge is 0.257 e. The van der Waals surface area contributed by atoms with E-state index in [1.807, 2.05) is 24.3 Å². The van der Waals surface area contributed by atoms with Crippen molar-refractivity contribution < 1.29 is 9.59 Å². The molecule has 3 N–H and O–H groups in total. The van der Waals surface area contributed by atoms with E-state index in [1.165, 1.54) is 0 Å². The first kappa shape index (κ1) is 19.7. The highest BCUT2D eigenvalue weighted by atomic mass is 79.9. The Labute approximate surface area is 176 Å². The molecule has 3 aromatic rings. The minimum atomic E-state index is -0.300. The van der Waals surface area contributed by atoms with Crippen LogP contribution in [0.4, 0.5) is 11.4 Å². The van der Waals surface area contributed by atoms with Crippen LogP contribution in [0.3, 0.4) is 0 Å². The number of carbonyl (C=O) groups excluding carboxylic acids is 2. The van der Waals surface area contributed by atoms with Crippen LogP contribution in [-0.4, -0.2) is 16.9 Å². The van der Waals surface area contributed by atoms with E-state index < -0.39 is 0 Å². The van der Waals surface area contributed by atoms with Gasteiger partial charge in [-0.15, -0.1) is 0 Å². The third-order valence-electron chi connectivity index (χ3n) is 3.75. The van der Waals surface area contributed by atoms with Crippen LogP contribution in [0.15, 0.2) is 83.3 Å². The Kier molecular flexibility index (Phi) is 6.52. The molecule has 0 saturated carbocycles. The fourth-order valence-electron chi connectivity index (χ4n) is 2.40. The van der Waals surface area contributed by atoms with Crippen molar-refractivity contribution >= 4 is 56.4 Å². The van der Waals surface area contributed by atoms with Gasteiger partial charge in [0.25, 0.3) is 11.8 Å². The molecule has 0 bridgehead atoms. The average molecular weight is 454 g/mol. The zero-order valence-corrected chi connectivity index (χ0v) is 17.0. The molecule has 0 heterocycles. The monoisotopic (exact) mass is 453 g/mol. The molecule has 0 aliphatic heterocycles. The summed E-state index contributed by atoms with van der Waals surface area (Å²) in [4.78, 5) is 24.4. The molecule has 3 aromatic carbocycles. The van der Waals surface area contributed by atoms with E-state index in [0.29, 0.717) is 22.5 Å². The van der Waals surface area contributed by atoms with Crippen molar-refractivity contribution in [1.29, 1.82) is 0 Å². The van der Waals surface area contributed by atoms with Crippen LogP contribution in [0.25, 0.3) is 0 Å². The van der Waals surface area contributed by atoms with Gasteiger partial charge in [0.05, 0.1) is 0 Å². The van der Waals surface area contributed by atoms with Gasteiger partial charge >= 0.3 is 0 Å². The van der Waals surface area contributed by atoms with Crippen LogP contribution in [0.2, 0.25) is 0 Å². The number of hydrogen-bond donors (Lipinski definition) is 3. The first-order valence-corrected chi connectivity index (χ1v) is 9.56. The van der Waals surface area contributed by atoms with Gasteiger partial charge < -0.3 is 10.6 Å². The Balaban J connectivity index is 1.55. The quantitative estimate of drug-likeness (QED) is 0.494. The average Bonchev–Trinajstić information content (AvgIpc) is 2.70. The summed E-state index contributed by atoms with van der Waals surface area (Å²) in [5, 5.41) is 8.59. The number of nitrogens with one attached hydrogen (secondary N) is 3. The summed E-state index contributed by atoms with van der Waals surface area (Å²) in [7, 11) is 0. The Morgan fingerprint density at radius 3 is 1.96 bits per heavy atom. The molecule has 5 nitrogen and oxygen atoms in total. The fraction of sp³-hybridized carbons (Fsp3) is 0. The number of halogens is 1. The van der Waals surface area contributed by atoms with Gasteiger partial charge in [-0.2, -0.15) is 0 Å². The molecule has 0 fully saturated rings. The predicted octanol–water partition coefficient (Wildman–Crippen LogP) is 4.83. The molecule has 0 atom stereocenters. The molecule has 0 aromatic heterocycles. The molecule has 140 valence electrons. The van der Waals surface area contributed by atoms with Crippen LogP contribution < -0.4 is 16.0 Å². The van der Waals surface area contributed by atoms with Crippen molar-refractivity contribution in [1.82, 2.24) is 5.32 Å². The minimum absolute atomic E-state index is 0.182. The van der Waals surface area contributed by atoms with Crippen molar-refractivity contribution in [3.8, 4) is 0 Å². The highest BCUT2D eigenvalue weighted by Gasteiger charge is 2.09. The van der Waals surface area contributed by atoms with Crippen LogP contribution in [0.1, 0.15) is 20.7 Å². The van der Waals surface area contributed by atoms with Crippen molar-refractivity contribution in [3.05, 3.63) is 94.5 Å². The molecule has 28 heavy (non-hydrogen) atoms. The number of carbonyl (C=O) groups is 2. The number of thiocarbonyl (C=S) groups is 1. The summed E-state index contributed by atoms with van der Waals surface area (Å²) < 4.78 is 0.812. The second kappa shape index (κ2) is 9.25. The molecule has 3 rings (SSSR count). The summed E-state index contributed by atoms with van der Waals surface area (Å²) in [6.45, 7) is 0. The summed E-state index contributed by atoms with van der Waals surface area (Å²) in [6.07, 6.45) is 0. The molecular weight excluding hydrogens is 438 g/mol. The third kappa shape index (κ3) is 5.48. The van der Waals surface area contributed by atoms with Crippen molar-refractivity contribution in [2.45, 2.75) is 0 Å². The van der Waals surface area contributed by atoms with Crippen molar-refractivity contribution in [2.24, 2.45) is 0 Å². The van der Waals surface area contributed by atoms with E-state index in [1.54, 1.807) is 54.6 Å². The minimum Gasteiger partial charge on any atom is -0.332 e. The lowest BCUT2D eigenvalue weighted by Gasteiger charge is -2.11. The first-order chi connectivity index (χ1) is 13.5. The lowest BCUT2D eigenvalue weighted by atomic mass is 10.2. The van der Waals surface area contributed by atoms with Crippen LogP contribution >= 0.6 is 28.1 Å². The van der Waals surface area contributed by atoms with E-state index >= 15 is 0 Å². The Hall–Kier alpha value is -3.03. The highest BCUT2D eigenvalue weighted by molar-refractivity contribution is 9.10. The summed E-state index contributed by atoms with van der Waals surface area (Å²) >= 11 is 8.52. The van der Waals surface area contributed by atoms with Gasteiger partial charge in [0.1, 0.15) is 0 Å². The van der Waals surface area contributed by atoms with E-state index in [-0.39, 0.29) is 16.9 Å². The van der Waals surface area contributed by atoms with Gasteiger partial charge in [0.15, 0.2) is 5.11 Å². The van der Waals surface area contributed by atoms with Crippen LogP contribution in [0, 0.1) is 0 Å². The predicted molar refractivity (Wildman–Crippen MR) is 119 cm³/mol. The van der Waals surface area contributed by atoms with E-state index in [2.05, 4.69) is 31.9 Å². The number of rotatable bonds is 4. The van der Waals surface area contributed by atoms with Crippen LogP contribution in [0.5, 0.6) is 0 Å². The Bertz CT molecular complexity index is 1010. The molecule has 7 heteroatoms. The fourth-order valence-corrected chi connectivity index (χ4v) is 3.01. The Morgan fingerprint density at radius 2 is 1.32 bits per heavy atom. The van der Waals surface area contributed by atoms with E-state index in [0.717, 1.165) is 4.47 Å². The summed E-state index contributed by atoms with van der Waals surface area (Å²) in [5.41, 5.74) is 2.43. The second-order valence-corrected chi connectivity index (χ2v) is 7.14. The van der Waals surface area contributed by atoms with Gasteiger partial charge in [-0.25, -0.2) is 0 Å². The van der Waals surface area contributed by atoms with Gasteiger partial charge in [0, 0.05) is 27.0 Å². The molecule has 0 unspecified atom stereocenters. The summed E-state index contributed by atoms with van der Waals surface area (Å²) in [5.74, 6) is -0.483. The lowest BCUT2D eigenvalue weighted by molar-refractivity contribution is 0.0976. The maximum Gasteiger partial charge on any atom is 0.257 e. The van der Waals surface area contributed by atoms with E-state index in [9.17, 15) is 9.59 Å². The number of benzene rings is 3. The molecule has 0 radical (unpaired) electrons. The standard InChI is InChI=1S/C21H16BrN3O2S/c22-16-8-4-7-15(13-16)20(27)25-21(28)24-18-11-9-17(10-12-18)23-19(26)14-5-2-1-3-6-14/h1-13H,(H,23,26)(H2,24,25,27,28). The summed E-state index contributed by atoms with van der Waals surface area (Å²) in [6, 6.07) is 23.0. The number of hydrogen-bond acceptors (Lipinski definition) is 3. The first-order valence-electron chi connectivity index (χ1n) is 8.35.